The zero-order valence-corrected chi connectivity index (χ0v) is 22.4. The first kappa shape index (κ1) is 25.1. The number of ketones is 2. The summed E-state index contributed by atoms with van der Waals surface area (Å²) >= 11 is 6.06. The topological polar surface area (TPSA) is 43.4 Å². The van der Waals surface area contributed by atoms with Crippen molar-refractivity contribution in [3.63, 3.8) is 0 Å². The lowest BCUT2D eigenvalue weighted by atomic mass is 9.72. The van der Waals surface area contributed by atoms with Crippen LogP contribution < -0.4 is 0 Å². The molecule has 0 aromatic heterocycles. The normalized spacial score (nSPS) is 21.5. The van der Waals surface area contributed by atoms with Gasteiger partial charge < -0.3 is 4.74 Å². The fourth-order valence-corrected chi connectivity index (χ4v) is 6.32. The Hall–Kier alpha value is -1.96. The molecule has 0 amide bonds. The summed E-state index contributed by atoms with van der Waals surface area (Å²) in [7, 11) is 2.85. The van der Waals surface area contributed by atoms with E-state index in [-0.39, 0.29) is 28.4 Å². The summed E-state index contributed by atoms with van der Waals surface area (Å²) in [5.74, 6) is 0.497. The summed E-state index contributed by atoms with van der Waals surface area (Å²) in [4.78, 5) is 27.3. The van der Waals surface area contributed by atoms with Gasteiger partial charge in [-0.15, -0.1) is 9.24 Å². The molecule has 0 radical (unpaired) electrons. The molecule has 0 heterocycles. The van der Waals surface area contributed by atoms with E-state index in [2.05, 4.69) is 35.2 Å². The smallest absolute Gasteiger partial charge is 0.228 e. The van der Waals surface area contributed by atoms with Gasteiger partial charge in [0.1, 0.15) is 5.60 Å². The van der Waals surface area contributed by atoms with Crippen molar-refractivity contribution in [2.24, 2.45) is 5.92 Å². The van der Waals surface area contributed by atoms with E-state index in [1.54, 1.807) is 18.2 Å². The average molecular weight is 497 g/mol. The standard InChI is InChI=1S/C29H34ClO3P/c1-28(2,17-29(3,4)34)33-27-24(25(31)22-7-5-6-8-23(22)26(27)32)20-11-9-18(10-12-20)19-13-15-21(30)16-14-19/h5-8,13-16,18,20H,9-12,17,34H2,1-4H3. The largest absolute Gasteiger partial charge is 0.483 e. The number of halogens is 1. The van der Waals surface area contributed by atoms with Crippen LogP contribution in [0.15, 0.2) is 59.9 Å². The lowest BCUT2D eigenvalue weighted by Gasteiger charge is -2.37. The number of Topliss-reactive ketones (excluding diaryl/α,β-unsaturated/α-hetero) is 2. The van der Waals surface area contributed by atoms with Crippen molar-refractivity contribution in [2.75, 3.05) is 0 Å². The fraction of sp³-hybridized carbons (Fsp3) is 0.448. The molecule has 5 heteroatoms. The number of carbonyl (C=O) groups excluding carboxylic acids is 2. The van der Waals surface area contributed by atoms with Gasteiger partial charge in [0.25, 0.3) is 0 Å². The van der Waals surface area contributed by atoms with E-state index >= 15 is 0 Å². The van der Waals surface area contributed by atoms with Crippen molar-refractivity contribution in [3.05, 3.63) is 81.6 Å². The van der Waals surface area contributed by atoms with Gasteiger partial charge in [0.05, 0.1) is 0 Å². The summed E-state index contributed by atoms with van der Waals surface area (Å²) in [5.41, 5.74) is 2.22. The molecule has 3 nitrogen and oxygen atoms in total. The summed E-state index contributed by atoms with van der Waals surface area (Å²) in [6.45, 7) is 8.25. The minimum atomic E-state index is -0.589. The molecule has 180 valence electrons. The summed E-state index contributed by atoms with van der Waals surface area (Å²) in [5, 5.41) is 0.686. The number of ether oxygens (including phenoxy) is 1. The van der Waals surface area contributed by atoms with Crippen LogP contribution >= 0.6 is 20.8 Å². The Morgan fingerprint density at radius 1 is 0.853 bits per heavy atom. The van der Waals surface area contributed by atoms with Gasteiger partial charge in [0.2, 0.25) is 5.78 Å². The van der Waals surface area contributed by atoms with E-state index < -0.39 is 5.60 Å². The SMILES string of the molecule is CC(C)(P)CC(C)(C)OC1=C(C2CCC(c3ccc(Cl)cc3)CC2)C(=O)c2ccccc2C1=O. The lowest BCUT2D eigenvalue weighted by molar-refractivity contribution is 0.0150. The summed E-state index contributed by atoms with van der Waals surface area (Å²) in [6.07, 6.45) is 4.37. The first-order valence-corrected chi connectivity index (χ1v) is 13.1. The van der Waals surface area contributed by atoms with Crippen LogP contribution in [-0.2, 0) is 4.74 Å². The Morgan fingerprint density at radius 3 is 1.94 bits per heavy atom. The van der Waals surface area contributed by atoms with E-state index in [0.29, 0.717) is 22.6 Å². The Bertz CT molecular complexity index is 1120. The van der Waals surface area contributed by atoms with E-state index in [4.69, 9.17) is 16.3 Å². The number of rotatable bonds is 6. The molecule has 0 saturated heterocycles. The second kappa shape index (κ2) is 9.59. The van der Waals surface area contributed by atoms with Crippen molar-refractivity contribution in [1.82, 2.24) is 0 Å². The third-order valence-electron chi connectivity index (χ3n) is 6.85. The van der Waals surface area contributed by atoms with Crippen molar-refractivity contribution in [2.45, 2.75) is 76.5 Å². The molecule has 0 N–H and O–H groups in total. The Morgan fingerprint density at radius 2 is 1.38 bits per heavy atom. The highest BCUT2D eigenvalue weighted by Crippen LogP contribution is 2.44. The van der Waals surface area contributed by atoms with Gasteiger partial charge in [-0.2, -0.15) is 0 Å². The van der Waals surface area contributed by atoms with Crippen LogP contribution in [0.2, 0.25) is 5.02 Å². The van der Waals surface area contributed by atoms with Crippen molar-refractivity contribution < 1.29 is 14.3 Å². The average Bonchev–Trinajstić information content (AvgIpc) is 2.76. The molecule has 1 fully saturated rings. The summed E-state index contributed by atoms with van der Waals surface area (Å²) < 4.78 is 6.47. The van der Waals surface area contributed by atoms with Gasteiger partial charge in [-0.3, -0.25) is 9.59 Å². The summed E-state index contributed by atoms with van der Waals surface area (Å²) in [6, 6.07) is 15.2. The monoisotopic (exact) mass is 496 g/mol. The van der Waals surface area contributed by atoms with E-state index in [1.807, 2.05) is 32.0 Å². The molecule has 0 aliphatic heterocycles. The molecule has 2 aromatic carbocycles. The number of allylic oxidation sites excluding steroid dienone is 2. The second-order valence-corrected chi connectivity index (χ2v) is 13.1. The lowest BCUT2D eigenvalue weighted by Crippen LogP contribution is -2.36. The molecule has 2 aromatic rings. The van der Waals surface area contributed by atoms with Gasteiger partial charge in [0.15, 0.2) is 11.5 Å². The van der Waals surface area contributed by atoms with Gasteiger partial charge in [-0.1, -0.05) is 61.8 Å². The number of fused-ring (bicyclic) bond motifs is 1. The third kappa shape index (κ3) is 5.47. The van der Waals surface area contributed by atoms with Crippen molar-refractivity contribution in [1.29, 1.82) is 0 Å². The van der Waals surface area contributed by atoms with Crippen LogP contribution in [0.4, 0.5) is 0 Å². The predicted molar refractivity (Wildman–Crippen MR) is 142 cm³/mol. The molecular formula is C29H34ClO3P. The molecule has 2 aliphatic carbocycles. The van der Waals surface area contributed by atoms with Gasteiger partial charge >= 0.3 is 0 Å². The van der Waals surface area contributed by atoms with Gasteiger partial charge in [0, 0.05) is 21.7 Å². The zero-order chi connectivity index (χ0) is 24.7. The molecule has 1 unspecified atom stereocenters. The van der Waals surface area contributed by atoms with Crippen LogP contribution in [0, 0.1) is 5.92 Å². The number of hydrogen-bond acceptors (Lipinski definition) is 3. The Labute approximate surface area is 210 Å². The predicted octanol–water partition coefficient (Wildman–Crippen LogP) is 7.79. The van der Waals surface area contributed by atoms with Crippen molar-refractivity contribution >= 4 is 32.4 Å². The minimum Gasteiger partial charge on any atom is -0.483 e. The van der Waals surface area contributed by atoms with Gasteiger partial charge in [-0.25, -0.2) is 0 Å². The molecule has 0 bridgehead atoms. The highest BCUT2D eigenvalue weighted by atomic mass is 35.5. The second-order valence-electron chi connectivity index (χ2n) is 11.1. The first-order chi connectivity index (χ1) is 16.0. The van der Waals surface area contributed by atoms with Crippen molar-refractivity contribution in [3.8, 4) is 0 Å². The Kier molecular flexibility index (Phi) is 7.09. The van der Waals surface area contributed by atoms with E-state index in [1.165, 1.54) is 5.56 Å². The third-order valence-corrected chi connectivity index (χ3v) is 7.30. The highest BCUT2D eigenvalue weighted by Gasteiger charge is 2.41. The molecule has 34 heavy (non-hydrogen) atoms. The maximum Gasteiger partial charge on any atom is 0.228 e. The quantitative estimate of drug-likeness (QED) is 0.383. The maximum atomic E-state index is 13.7. The molecule has 1 atom stereocenters. The number of carbonyl (C=O) groups is 2. The zero-order valence-electron chi connectivity index (χ0n) is 20.5. The van der Waals surface area contributed by atoms with Crippen LogP contribution in [-0.4, -0.2) is 22.3 Å². The maximum absolute atomic E-state index is 13.7. The van der Waals surface area contributed by atoms with Gasteiger partial charge in [-0.05, 0) is 80.6 Å². The fourth-order valence-electron chi connectivity index (χ4n) is 5.70. The highest BCUT2D eigenvalue weighted by molar-refractivity contribution is 7.18. The van der Waals surface area contributed by atoms with Crippen LogP contribution in [0.5, 0.6) is 0 Å². The van der Waals surface area contributed by atoms with Crippen LogP contribution in [0.1, 0.15) is 92.0 Å². The molecule has 2 aliphatic rings. The van der Waals surface area contributed by atoms with E-state index in [0.717, 1.165) is 37.1 Å². The van der Waals surface area contributed by atoms with Crippen LogP contribution in [0.25, 0.3) is 0 Å². The molecule has 4 rings (SSSR count). The number of benzene rings is 2. The Balaban J connectivity index is 1.66. The first-order valence-electron chi connectivity index (χ1n) is 12.1. The van der Waals surface area contributed by atoms with E-state index in [9.17, 15) is 9.59 Å². The molecule has 0 spiro atoms. The molecular weight excluding hydrogens is 463 g/mol. The number of hydrogen-bond donors (Lipinski definition) is 0. The molecule has 1 saturated carbocycles. The van der Waals surface area contributed by atoms with Crippen LogP contribution in [0.3, 0.4) is 0 Å². The minimum absolute atomic E-state index is 0.0168.